The van der Waals surface area contributed by atoms with Crippen molar-refractivity contribution in [2.75, 3.05) is 0 Å². The summed E-state index contributed by atoms with van der Waals surface area (Å²) in [6.07, 6.45) is -4.37. The lowest BCUT2D eigenvalue weighted by atomic mass is 10.1. The number of alkyl halides is 3. The molecule has 0 atom stereocenters. The number of ether oxygens (including phenoxy) is 1. The van der Waals surface area contributed by atoms with Crippen molar-refractivity contribution in [3.05, 3.63) is 64.7 Å². The third-order valence-corrected chi connectivity index (χ3v) is 2.86. The van der Waals surface area contributed by atoms with Crippen LogP contribution in [0.2, 0.25) is 0 Å². The molecule has 2 rings (SSSR count). The zero-order chi connectivity index (χ0) is 16.3. The van der Waals surface area contributed by atoms with Crippen LogP contribution in [0, 0.1) is 11.6 Å². The van der Waals surface area contributed by atoms with Crippen LogP contribution in [-0.2, 0) is 12.8 Å². The SMILES string of the molecule is O=Cc1cc(C(F)(F)F)ccc1OCc1ccc(F)cc1F. The Morgan fingerprint density at radius 3 is 2.36 bits per heavy atom. The largest absolute Gasteiger partial charge is 0.488 e. The maximum Gasteiger partial charge on any atom is 0.416 e. The van der Waals surface area contributed by atoms with Gasteiger partial charge in [-0.15, -0.1) is 0 Å². The van der Waals surface area contributed by atoms with Crippen LogP contribution < -0.4 is 4.74 Å². The quantitative estimate of drug-likeness (QED) is 0.618. The van der Waals surface area contributed by atoms with E-state index in [1.807, 2.05) is 0 Å². The van der Waals surface area contributed by atoms with Gasteiger partial charge in [-0.25, -0.2) is 8.78 Å². The first-order valence-electron chi connectivity index (χ1n) is 6.04. The van der Waals surface area contributed by atoms with Crippen LogP contribution in [0.15, 0.2) is 36.4 Å². The van der Waals surface area contributed by atoms with E-state index in [-0.39, 0.29) is 29.8 Å². The smallest absolute Gasteiger partial charge is 0.416 e. The van der Waals surface area contributed by atoms with Gasteiger partial charge in [0, 0.05) is 11.6 Å². The fourth-order valence-electron chi connectivity index (χ4n) is 1.74. The highest BCUT2D eigenvalue weighted by Gasteiger charge is 2.31. The highest BCUT2D eigenvalue weighted by Crippen LogP contribution is 2.32. The van der Waals surface area contributed by atoms with Crippen molar-refractivity contribution in [1.82, 2.24) is 0 Å². The van der Waals surface area contributed by atoms with Crippen molar-refractivity contribution in [2.45, 2.75) is 12.8 Å². The van der Waals surface area contributed by atoms with Crippen LogP contribution in [0.3, 0.4) is 0 Å². The molecule has 0 fully saturated rings. The third kappa shape index (κ3) is 3.60. The number of hydrogen-bond donors (Lipinski definition) is 0. The lowest BCUT2D eigenvalue weighted by Crippen LogP contribution is -2.07. The van der Waals surface area contributed by atoms with Gasteiger partial charge in [-0.2, -0.15) is 13.2 Å². The molecule has 0 aliphatic carbocycles. The summed E-state index contributed by atoms with van der Waals surface area (Å²) in [5, 5.41) is 0. The average molecular weight is 316 g/mol. The van der Waals surface area contributed by atoms with Crippen LogP contribution in [0.4, 0.5) is 22.0 Å². The molecule has 116 valence electrons. The zero-order valence-electron chi connectivity index (χ0n) is 11.0. The van der Waals surface area contributed by atoms with Crippen molar-refractivity contribution in [3.63, 3.8) is 0 Å². The van der Waals surface area contributed by atoms with Gasteiger partial charge in [-0.3, -0.25) is 4.79 Å². The normalized spacial score (nSPS) is 11.3. The predicted octanol–water partition coefficient (Wildman–Crippen LogP) is 4.38. The van der Waals surface area contributed by atoms with Gasteiger partial charge in [0.05, 0.1) is 11.1 Å². The van der Waals surface area contributed by atoms with E-state index in [1.54, 1.807) is 0 Å². The molecule has 2 nitrogen and oxygen atoms in total. The van der Waals surface area contributed by atoms with Crippen molar-refractivity contribution < 1.29 is 31.5 Å². The summed E-state index contributed by atoms with van der Waals surface area (Å²) in [6, 6.07) is 5.21. The fraction of sp³-hybridized carbons (Fsp3) is 0.133. The minimum absolute atomic E-state index is 0.0122. The molecule has 0 aliphatic rings. The number of halogens is 5. The van der Waals surface area contributed by atoms with E-state index in [4.69, 9.17) is 4.74 Å². The molecule has 0 radical (unpaired) electrons. The van der Waals surface area contributed by atoms with E-state index in [9.17, 15) is 26.7 Å². The van der Waals surface area contributed by atoms with E-state index < -0.39 is 23.4 Å². The Balaban J connectivity index is 2.21. The predicted molar refractivity (Wildman–Crippen MR) is 67.5 cm³/mol. The summed E-state index contributed by atoms with van der Waals surface area (Å²) in [5.41, 5.74) is -1.29. The van der Waals surface area contributed by atoms with Gasteiger partial charge in [0.2, 0.25) is 0 Å². The van der Waals surface area contributed by atoms with Gasteiger partial charge in [-0.05, 0) is 30.3 Å². The zero-order valence-corrected chi connectivity index (χ0v) is 11.0. The first kappa shape index (κ1) is 15.9. The molecule has 2 aromatic carbocycles. The van der Waals surface area contributed by atoms with Crippen molar-refractivity contribution in [3.8, 4) is 5.75 Å². The summed E-state index contributed by atoms with van der Waals surface area (Å²) in [6.45, 7) is -0.349. The number of rotatable bonds is 4. The molecule has 0 aliphatic heterocycles. The summed E-state index contributed by atoms with van der Waals surface area (Å²) < 4.78 is 68.9. The molecule has 0 saturated heterocycles. The lowest BCUT2D eigenvalue weighted by molar-refractivity contribution is -0.137. The van der Waals surface area contributed by atoms with Crippen LogP contribution >= 0.6 is 0 Å². The van der Waals surface area contributed by atoms with Crippen molar-refractivity contribution >= 4 is 6.29 Å². The number of aldehydes is 1. The summed E-state index contributed by atoms with van der Waals surface area (Å²) >= 11 is 0. The second-order valence-electron chi connectivity index (χ2n) is 4.39. The monoisotopic (exact) mass is 316 g/mol. The van der Waals surface area contributed by atoms with Gasteiger partial charge in [0.1, 0.15) is 24.0 Å². The van der Waals surface area contributed by atoms with E-state index >= 15 is 0 Å². The van der Waals surface area contributed by atoms with Gasteiger partial charge in [0.15, 0.2) is 6.29 Å². The first-order valence-corrected chi connectivity index (χ1v) is 6.04. The van der Waals surface area contributed by atoms with E-state index in [0.717, 1.165) is 24.3 Å². The molecule has 7 heteroatoms. The fourth-order valence-corrected chi connectivity index (χ4v) is 1.74. The molecule has 0 bridgehead atoms. The molecule has 0 spiro atoms. The Labute approximate surface area is 122 Å². The summed E-state index contributed by atoms with van der Waals surface area (Å²) in [4.78, 5) is 10.9. The maximum atomic E-state index is 13.4. The van der Waals surface area contributed by atoms with Crippen LogP contribution in [-0.4, -0.2) is 6.29 Å². The van der Waals surface area contributed by atoms with Gasteiger partial charge < -0.3 is 4.74 Å². The van der Waals surface area contributed by atoms with Gasteiger partial charge in [-0.1, -0.05) is 0 Å². The minimum Gasteiger partial charge on any atom is -0.488 e. The van der Waals surface area contributed by atoms with Crippen molar-refractivity contribution in [1.29, 1.82) is 0 Å². The molecule has 0 amide bonds. The Kier molecular flexibility index (Phi) is 4.44. The second-order valence-corrected chi connectivity index (χ2v) is 4.39. The highest BCUT2D eigenvalue weighted by molar-refractivity contribution is 5.79. The molecular weight excluding hydrogens is 307 g/mol. The Hall–Kier alpha value is -2.44. The molecule has 2 aromatic rings. The summed E-state index contributed by atoms with van der Waals surface area (Å²) in [7, 11) is 0. The topological polar surface area (TPSA) is 26.3 Å². The molecule has 0 N–H and O–H groups in total. The number of benzene rings is 2. The Morgan fingerprint density at radius 1 is 1.05 bits per heavy atom. The highest BCUT2D eigenvalue weighted by atomic mass is 19.4. The molecule has 0 saturated carbocycles. The molecule has 22 heavy (non-hydrogen) atoms. The first-order chi connectivity index (χ1) is 10.3. The molecule has 0 aromatic heterocycles. The Bertz CT molecular complexity index is 695. The molecule has 0 unspecified atom stereocenters. The maximum absolute atomic E-state index is 13.4. The van der Waals surface area contributed by atoms with Gasteiger partial charge >= 0.3 is 6.18 Å². The number of hydrogen-bond acceptors (Lipinski definition) is 2. The van der Waals surface area contributed by atoms with Gasteiger partial charge in [0.25, 0.3) is 0 Å². The minimum atomic E-state index is -4.58. The van der Waals surface area contributed by atoms with E-state index in [1.165, 1.54) is 0 Å². The van der Waals surface area contributed by atoms with Crippen molar-refractivity contribution in [2.24, 2.45) is 0 Å². The number of carbonyl (C=O) groups is 1. The van der Waals surface area contributed by atoms with E-state index in [0.29, 0.717) is 12.1 Å². The molecule has 0 heterocycles. The lowest BCUT2D eigenvalue weighted by Gasteiger charge is -2.12. The standard InChI is InChI=1S/C15H9F5O2/c16-12-3-1-9(13(17)6-12)8-22-14-4-2-11(15(18,19)20)5-10(14)7-21/h1-7H,8H2. The Morgan fingerprint density at radius 2 is 1.77 bits per heavy atom. The average Bonchev–Trinajstić information content (AvgIpc) is 2.45. The summed E-state index contributed by atoms with van der Waals surface area (Å²) in [5.74, 6) is -1.73. The van der Waals surface area contributed by atoms with Crippen LogP contribution in [0.1, 0.15) is 21.5 Å². The van der Waals surface area contributed by atoms with Crippen LogP contribution in [0.5, 0.6) is 5.75 Å². The molecular formula is C15H9F5O2. The van der Waals surface area contributed by atoms with E-state index in [2.05, 4.69) is 0 Å². The van der Waals surface area contributed by atoms with Crippen LogP contribution in [0.25, 0.3) is 0 Å². The number of carbonyl (C=O) groups excluding carboxylic acids is 1. The third-order valence-electron chi connectivity index (χ3n) is 2.86. The second kappa shape index (κ2) is 6.13.